The van der Waals surface area contributed by atoms with Gasteiger partial charge < -0.3 is 9.47 Å². The number of nitrogens with zero attached hydrogens (tertiary/aromatic N) is 3. The van der Waals surface area contributed by atoms with Gasteiger partial charge in [-0.25, -0.2) is 9.79 Å². The maximum Gasteiger partial charge on any atom is 0.338 e. The van der Waals surface area contributed by atoms with Crippen LogP contribution in [-0.4, -0.2) is 28.3 Å². The number of fused-ring (bicyclic) bond motifs is 1. The number of benzene rings is 4. The number of rotatable bonds is 10. The van der Waals surface area contributed by atoms with Gasteiger partial charge in [0.1, 0.15) is 12.4 Å². The smallest absolute Gasteiger partial charge is 0.338 e. The van der Waals surface area contributed by atoms with Gasteiger partial charge in [-0.15, -0.1) is 11.8 Å². The summed E-state index contributed by atoms with van der Waals surface area (Å²) < 4.78 is 13.6. The molecule has 242 valence electrons. The van der Waals surface area contributed by atoms with Crippen molar-refractivity contribution in [2.24, 2.45) is 4.99 Å². The minimum atomic E-state index is -0.800. The van der Waals surface area contributed by atoms with Gasteiger partial charge in [0.25, 0.3) is 11.2 Å². The molecule has 0 unspecified atom stereocenters. The predicted octanol–water partition coefficient (Wildman–Crippen LogP) is 6.80. The maximum atomic E-state index is 14.3. The minimum Gasteiger partial charge on any atom is -0.488 e. The van der Waals surface area contributed by atoms with Crippen LogP contribution in [0.2, 0.25) is 5.02 Å². The maximum absolute atomic E-state index is 14.3. The van der Waals surface area contributed by atoms with E-state index in [4.69, 9.17) is 26.1 Å². The first-order valence-electron chi connectivity index (χ1n) is 14.9. The van der Waals surface area contributed by atoms with Crippen molar-refractivity contribution in [3.63, 3.8) is 0 Å². The molecule has 1 aliphatic rings. The van der Waals surface area contributed by atoms with Gasteiger partial charge in [0.2, 0.25) is 0 Å². The lowest BCUT2D eigenvalue weighted by Gasteiger charge is -2.26. The molecule has 0 spiro atoms. The fraction of sp³-hybridized carbons (Fsp3) is 0.139. The van der Waals surface area contributed by atoms with E-state index in [-0.39, 0.29) is 30.0 Å². The van der Waals surface area contributed by atoms with Crippen LogP contribution in [0.4, 0.5) is 5.69 Å². The van der Waals surface area contributed by atoms with Crippen LogP contribution >= 0.6 is 34.7 Å². The van der Waals surface area contributed by atoms with Crippen LogP contribution < -0.4 is 19.6 Å². The topological polar surface area (TPSA) is 113 Å². The van der Waals surface area contributed by atoms with Crippen molar-refractivity contribution >= 4 is 58.1 Å². The normalized spacial score (nSPS) is 14.3. The number of ether oxygens (including phenoxy) is 2. The average Bonchev–Trinajstić information content (AvgIpc) is 3.41. The van der Waals surface area contributed by atoms with Crippen molar-refractivity contribution in [3.8, 4) is 5.75 Å². The summed E-state index contributed by atoms with van der Waals surface area (Å²) in [4.78, 5) is 45.0. The molecule has 0 radical (unpaired) electrons. The second-order valence-electron chi connectivity index (χ2n) is 10.6. The number of carbonyl (C=O) groups excluding carboxylic acids is 1. The third-order valence-corrected chi connectivity index (χ3v) is 9.57. The SMILES string of the molecule is CCOC(=O)C1=C(c2ccccc2)N=c2s/c(=C\c3cc(Cl)ccc3OCc3ccc([N+](=O)[O-])cc3)c(=O)n2[C@@H]1c1ccc(SC)cc1. The molecule has 9 nitrogen and oxygen atoms in total. The van der Waals surface area contributed by atoms with Crippen molar-refractivity contribution in [1.82, 2.24) is 4.57 Å². The van der Waals surface area contributed by atoms with Gasteiger partial charge in [0.05, 0.1) is 33.4 Å². The molecule has 6 rings (SSSR count). The number of non-ortho nitro benzene ring substituents is 1. The van der Waals surface area contributed by atoms with Crippen molar-refractivity contribution < 1.29 is 19.2 Å². The van der Waals surface area contributed by atoms with Crippen LogP contribution in [0.25, 0.3) is 11.8 Å². The van der Waals surface area contributed by atoms with Crippen molar-refractivity contribution in [3.05, 3.63) is 160 Å². The number of thioether (sulfide) groups is 1. The first kappa shape index (κ1) is 33.0. The van der Waals surface area contributed by atoms with Gasteiger partial charge in [0.15, 0.2) is 4.80 Å². The Morgan fingerprint density at radius 1 is 1.06 bits per heavy atom. The summed E-state index contributed by atoms with van der Waals surface area (Å²) in [5.41, 5.74) is 3.11. The first-order valence-corrected chi connectivity index (χ1v) is 17.3. The molecule has 0 fully saturated rings. The summed E-state index contributed by atoms with van der Waals surface area (Å²) in [6.07, 6.45) is 3.68. The molecular weight excluding hydrogens is 670 g/mol. The zero-order valence-corrected chi connectivity index (χ0v) is 28.2. The van der Waals surface area contributed by atoms with Crippen LogP contribution in [-0.2, 0) is 16.1 Å². The summed E-state index contributed by atoms with van der Waals surface area (Å²) in [5.74, 6) is -0.0879. The van der Waals surface area contributed by atoms with Gasteiger partial charge >= 0.3 is 5.97 Å². The lowest BCUT2D eigenvalue weighted by atomic mass is 9.93. The number of nitro groups is 1. The summed E-state index contributed by atoms with van der Waals surface area (Å²) in [5, 5.41) is 11.5. The minimum absolute atomic E-state index is 0.0126. The highest BCUT2D eigenvalue weighted by Crippen LogP contribution is 2.36. The third kappa shape index (κ3) is 6.84. The Bertz CT molecular complexity index is 2210. The molecule has 1 atom stereocenters. The first-order chi connectivity index (χ1) is 23.3. The standard InChI is InChI=1S/C36H28ClN3O6S2/c1-3-45-35(42)31-32(23-7-5-4-6-8-23)38-36-39(33(31)24-11-16-28(47-2)17-12-24)34(41)30(48-36)20-25-19-26(37)13-18-29(25)46-21-22-9-14-27(15-10-22)40(43)44/h4-20,33H,3,21H2,1-2H3/b30-20-/t33-/m1/s1. The molecule has 5 aromatic rings. The molecule has 0 aliphatic carbocycles. The van der Waals surface area contributed by atoms with E-state index in [0.717, 1.165) is 21.6 Å². The summed E-state index contributed by atoms with van der Waals surface area (Å²) in [6, 6.07) is 27.5. The second-order valence-corrected chi connectivity index (χ2v) is 12.9. The molecule has 1 aliphatic heterocycles. The molecule has 0 amide bonds. The second kappa shape index (κ2) is 14.4. The quantitative estimate of drug-likeness (QED) is 0.0683. The van der Waals surface area contributed by atoms with E-state index >= 15 is 0 Å². The number of hydrogen-bond donors (Lipinski definition) is 0. The molecule has 4 aromatic carbocycles. The summed E-state index contributed by atoms with van der Waals surface area (Å²) in [6.45, 7) is 2.03. The largest absolute Gasteiger partial charge is 0.488 e. The van der Waals surface area contributed by atoms with E-state index in [1.807, 2.05) is 60.9 Å². The van der Waals surface area contributed by atoms with E-state index in [2.05, 4.69) is 0 Å². The third-order valence-electron chi connectivity index (χ3n) is 7.61. The number of hydrogen-bond acceptors (Lipinski definition) is 9. The molecular formula is C36H28ClN3O6S2. The lowest BCUT2D eigenvalue weighted by Crippen LogP contribution is -2.40. The van der Waals surface area contributed by atoms with Gasteiger partial charge in [-0.1, -0.05) is 65.4 Å². The van der Waals surface area contributed by atoms with Crippen LogP contribution in [0.15, 0.2) is 117 Å². The molecule has 48 heavy (non-hydrogen) atoms. The molecule has 2 heterocycles. The Balaban J connectivity index is 1.50. The Kier molecular flexibility index (Phi) is 9.90. The van der Waals surface area contributed by atoms with Crippen LogP contribution in [0.1, 0.15) is 35.2 Å². The van der Waals surface area contributed by atoms with Gasteiger partial charge in [0, 0.05) is 33.2 Å². The van der Waals surface area contributed by atoms with E-state index in [9.17, 15) is 19.7 Å². The number of nitro benzene ring substituents is 1. The highest BCUT2D eigenvalue weighted by Gasteiger charge is 2.35. The monoisotopic (exact) mass is 697 g/mol. The van der Waals surface area contributed by atoms with Gasteiger partial charge in [-0.2, -0.15) is 0 Å². The lowest BCUT2D eigenvalue weighted by molar-refractivity contribution is -0.384. The van der Waals surface area contributed by atoms with E-state index in [1.54, 1.807) is 59.7 Å². The highest BCUT2D eigenvalue weighted by atomic mass is 35.5. The molecule has 0 bridgehead atoms. The number of esters is 1. The van der Waals surface area contributed by atoms with Crippen LogP contribution in [0.3, 0.4) is 0 Å². The van der Waals surface area contributed by atoms with Gasteiger partial charge in [-0.05, 0) is 72.8 Å². The van der Waals surface area contributed by atoms with Crippen molar-refractivity contribution in [2.45, 2.75) is 24.5 Å². The molecule has 0 N–H and O–H groups in total. The Hall–Kier alpha value is -4.97. The van der Waals surface area contributed by atoms with Crippen LogP contribution in [0.5, 0.6) is 5.75 Å². The van der Waals surface area contributed by atoms with Crippen molar-refractivity contribution in [2.75, 3.05) is 12.9 Å². The predicted molar refractivity (Wildman–Crippen MR) is 188 cm³/mol. The zero-order chi connectivity index (χ0) is 33.8. The van der Waals surface area contributed by atoms with E-state index < -0.39 is 16.9 Å². The van der Waals surface area contributed by atoms with E-state index in [1.165, 1.54) is 23.5 Å². The highest BCUT2D eigenvalue weighted by molar-refractivity contribution is 7.98. The van der Waals surface area contributed by atoms with Crippen LogP contribution in [0, 0.1) is 10.1 Å². The number of halogens is 1. The summed E-state index contributed by atoms with van der Waals surface area (Å²) in [7, 11) is 0. The molecule has 0 saturated heterocycles. The van der Waals surface area contributed by atoms with E-state index in [0.29, 0.717) is 31.4 Å². The average molecular weight is 698 g/mol. The fourth-order valence-corrected chi connectivity index (χ4v) is 6.90. The Morgan fingerprint density at radius 2 is 1.79 bits per heavy atom. The van der Waals surface area contributed by atoms with Crippen molar-refractivity contribution in [1.29, 1.82) is 0 Å². The summed E-state index contributed by atoms with van der Waals surface area (Å²) >= 11 is 9.18. The number of aromatic nitrogens is 1. The zero-order valence-electron chi connectivity index (χ0n) is 25.8. The number of thiazole rings is 1. The number of carbonyl (C=O) groups is 1. The molecule has 12 heteroatoms. The molecule has 1 aromatic heterocycles. The Labute approximate surface area is 288 Å². The molecule has 0 saturated carbocycles. The van der Waals surface area contributed by atoms with Gasteiger partial charge in [-0.3, -0.25) is 19.5 Å². The fourth-order valence-electron chi connectivity index (χ4n) is 5.32. The Morgan fingerprint density at radius 3 is 2.46 bits per heavy atom.